The molecule has 8 nitrogen and oxygen atoms in total. The third-order valence-corrected chi connectivity index (χ3v) is 5.88. The van der Waals surface area contributed by atoms with E-state index in [2.05, 4.69) is 10.3 Å². The lowest BCUT2D eigenvalue weighted by molar-refractivity contribution is -0.156. The number of benzene rings is 1. The molecule has 0 radical (unpaired) electrons. The zero-order chi connectivity index (χ0) is 24.8. The van der Waals surface area contributed by atoms with Gasteiger partial charge in [-0.15, -0.1) is 0 Å². The molecule has 1 saturated heterocycles. The second-order valence-electron chi connectivity index (χ2n) is 7.67. The Labute approximate surface area is 194 Å². The van der Waals surface area contributed by atoms with Crippen molar-refractivity contribution in [3.63, 3.8) is 0 Å². The lowest BCUT2D eigenvalue weighted by Crippen LogP contribution is -2.52. The van der Waals surface area contributed by atoms with Crippen molar-refractivity contribution in [1.82, 2.24) is 20.5 Å². The first kappa shape index (κ1) is 23.6. The van der Waals surface area contributed by atoms with Crippen molar-refractivity contribution in [1.29, 1.82) is 0 Å². The van der Waals surface area contributed by atoms with Gasteiger partial charge in [0.15, 0.2) is 6.04 Å². The quantitative estimate of drug-likeness (QED) is 0.498. The van der Waals surface area contributed by atoms with Gasteiger partial charge in [-0.05, 0) is 30.7 Å². The van der Waals surface area contributed by atoms with Crippen molar-refractivity contribution in [3.8, 4) is 0 Å². The Kier molecular flexibility index (Phi) is 6.02. The van der Waals surface area contributed by atoms with Crippen molar-refractivity contribution in [2.45, 2.75) is 37.6 Å². The average Bonchev–Trinajstić information content (AvgIpc) is 3.09. The van der Waals surface area contributed by atoms with E-state index in [1.165, 1.54) is 12.1 Å². The number of rotatable bonds is 4. The molecule has 2 atom stereocenters. The summed E-state index contributed by atoms with van der Waals surface area (Å²) in [6, 6.07) is 0.853. The van der Waals surface area contributed by atoms with E-state index < -0.39 is 59.0 Å². The number of nitrogens with zero attached hydrogens (tertiary/aromatic N) is 2. The molecule has 0 spiro atoms. The summed E-state index contributed by atoms with van der Waals surface area (Å²) in [5.41, 5.74) is -1.75. The summed E-state index contributed by atoms with van der Waals surface area (Å²) in [6.07, 6.45) is -3.89. The molecule has 1 aromatic carbocycles. The lowest BCUT2D eigenvalue weighted by Gasteiger charge is -2.29. The Morgan fingerprint density at radius 2 is 1.97 bits per heavy atom. The Bertz CT molecular complexity index is 1220. The van der Waals surface area contributed by atoms with Crippen molar-refractivity contribution in [2.24, 2.45) is 0 Å². The van der Waals surface area contributed by atoms with Crippen molar-refractivity contribution < 1.29 is 36.7 Å². The first-order valence-corrected chi connectivity index (χ1v) is 10.3. The van der Waals surface area contributed by atoms with Crippen LogP contribution in [0.4, 0.5) is 17.6 Å². The number of alkyl halides is 3. The molecular formula is C21H15ClF4N4O4. The Balaban J connectivity index is 1.61. The number of pyridine rings is 1. The van der Waals surface area contributed by atoms with Gasteiger partial charge in [-0.1, -0.05) is 11.6 Å². The third kappa shape index (κ3) is 4.20. The topological polar surface area (TPSA) is 108 Å². The van der Waals surface area contributed by atoms with Crippen LogP contribution in [0, 0.1) is 5.82 Å². The van der Waals surface area contributed by atoms with Crippen LogP contribution in [0.2, 0.25) is 5.02 Å². The molecule has 2 aliphatic heterocycles. The molecule has 1 unspecified atom stereocenters. The van der Waals surface area contributed by atoms with Crippen LogP contribution in [0.15, 0.2) is 30.5 Å². The van der Waals surface area contributed by atoms with Gasteiger partial charge < -0.3 is 10.2 Å². The minimum Gasteiger partial charge on any atom is -0.335 e. The van der Waals surface area contributed by atoms with E-state index in [0.29, 0.717) is 0 Å². The second kappa shape index (κ2) is 8.67. The molecule has 4 amide bonds. The van der Waals surface area contributed by atoms with Gasteiger partial charge in [-0.2, -0.15) is 13.2 Å². The minimum absolute atomic E-state index is 0.0123. The van der Waals surface area contributed by atoms with E-state index in [1.54, 1.807) is 5.32 Å². The number of carbonyl (C=O) groups excluding carboxylic acids is 4. The SMILES string of the molecule is O=C1CCC(N2Cc3c(ccc(C(=O)N[C@H](c4ncccc4Cl)C(F)(F)F)c3F)C2=O)C(=O)N1. The van der Waals surface area contributed by atoms with E-state index in [9.17, 15) is 32.3 Å². The fourth-order valence-electron chi connectivity index (χ4n) is 3.90. The van der Waals surface area contributed by atoms with Crippen LogP contribution >= 0.6 is 11.6 Å². The molecule has 0 aliphatic carbocycles. The number of carbonyl (C=O) groups is 4. The molecule has 13 heteroatoms. The number of nitrogens with one attached hydrogen (secondary N) is 2. The highest BCUT2D eigenvalue weighted by molar-refractivity contribution is 6.31. The van der Waals surface area contributed by atoms with Gasteiger partial charge in [0.05, 0.1) is 22.8 Å². The normalized spacial score (nSPS) is 19.0. The number of fused-ring (bicyclic) bond motifs is 1. The zero-order valence-electron chi connectivity index (χ0n) is 17.1. The van der Waals surface area contributed by atoms with Crippen LogP contribution in [0.5, 0.6) is 0 Å². The average molecular weight is 499 g/mol. The van der Waals surface area contributed by atoms with Gasteiger partial charge >= 0.3 is 6.18 Å². The molecule has 178 valence electrons. The van der Waals surface area contributed by atoms with E-state index in [4.69, 9.17) is 11.6 Å². The third-order valence-electron chi connectivity index (χ3n) is 5.56. The van der Waals surface area contributed by atoms with Crippen LogP contribution in [0.3, 0.4) is 0 Å². The molecule has 0 saturated carbocycles. The lowest BCUT2D eigenvalue weighted by atomic mass is 10.0. The van der Waals surface area contributed by atoms with Crippen LogP contribution in [-0.2, 0) is 16.1 Å². The molecule has 1 fully saturated rings. The monoisotopic (exact) mass is 498 g/mol. The maximum Gasteiger partial charge on any atom is 0.414 e. The van der Waals surface area contributed by atoms with Crippen LogP contribution < -0.4 is 10.6 Å². The van der Waals surface area contributed by atoms with Crippen molar-refractivity contribution in [3.05, 3.63) is 63.7 Å². The molecule has 34 heavy (non-hydrogen) atoms. The first-order valence-electron chi connectivity index (χ1n) is 9.93. The second-order valence-corrected chi connectivity index (χ2v) is 8.08. The smallest absolute Gasteiger partial charge is 0.335 e. The predicted molar refractivity (Wildman–Crippen MR) is 108 cm³/mol. The molecule has 1 aromatic heterocycles. The molecule has 4 rings (SSSR count). The number of hydrogen-bond acceptors (Lipinski definition) is 5. The number of aromatic nitrogens is 1. The molecule has 3 heterocycles. The standard InChI is InChI=1S/C21H15ClF4N4O4/c22-12-2-1-7-27-16(12)17(21(24,25)26)29-18(32)10-4-3-9-11(15(10)23)8-30(20(9)34)13-5-6-14(31)28-19(13)33/h1-4,7,13,17H,5-6,8H2,(H,29,32)(H,28,31,33)/t13?,17-/m1/s1. The Hall–Kier alpha value is -3.54. The molecule has 0 bridgehead atoms. The number of halogens is 5. The Morgan fingerprint density at radius 3 is 2.62 bits per heavy atom. The van der Waals surface area contributed by atoms with E-state index in [0.717, 1.165) is 23.2 Å². The maximum absolute atomic E-state index is 15.2. The van der Waals surface area contributed by atoms with Crippen molar-refractivity contribution in [2.75, 3.05) is 0 Å². The van der Waals surface area contributed by atoms with Gasteiger partial charge in [-0.25, -0.2) is 4.39 Å². The molecule has 2 aromatic rings. The van der Waals surface area contributed by atoms with Crippen LogP contribution in [0.1, 0.15) is 50.9 Å². The summed E-state index contributed by atoms with van der Waals surface area (Å²) in [5.74, 6) is -4.48. The molecule has 2 N–H and O–H groups in total. The van der Waals surface area contributed by atoms with E-state index in [1.807, 2.05) is 0 Å². The van der Waals surface area contributed by atoms with Gasteiger partial charge in [0.2, 0.25) is 11.8 Å². The van der Waals surface area contributed by atoms with E-state index in [-0.39, 0.29) is 35.5 Å². The van der Waals surface area contributed by atoms with Crippen LogP contribution in [-0.4, -0.2) is 45.7 Å². The number of piperidine rings is 1. The van der Waals surface area contributed by atoms with E-state index >= 15 is 4.39 Å². The highest BCUT2D eigenvalue weighted by atomic mass is 35.5. The van der Waals surface area contributed by atoms with Gasteiger partial charge in [-0.3, -0.25) is 29.5 Å². The maximum atomic E-state index is 15.2. The van der Waals surface area contributed by atoms with Gasteiger partial charge in [0, 0.05) is 23.7 Å². The summed E-state index contributed by atoms with van der Waals surface area (Å²) in [5, 5.41) is 3.47. The summed E-state index contributed by atoms with van der Waals surface area (Å²) in [4.78, 5) is 53.5. The highest BCUT2D eigenvalue weighted by Crippen LogP contribution is 2.36. The van der Waals surface area contributed by atoms with Gasteiger partial charge in [0.25, 0.3) is 11.8 Å². The predicted octanol–water partition coefficient (Wildman–Crippen LogP) is 2.67. The summed E-state index contributed by atoms with van der Waals surface area (Å²) in [7, 11) is 0. The zero-order valence-corrected chi connectivity index (χ0v) is 17.8. The molecular weight excluding hydrogens is 484 g/mol. The Morgan fingerprint density at radius 1 is 1.24 bits per heavy atom. The van der Waals surface area contributed by atoms with Gasteiger partial charge in [0.1, 0.15) is 11.9 Å². The number of imide groups is 1. The summed E-state index contributed by atoms with van der Waals surface area (Å²) >= 11 is 5.80. The fraction of sp³-hybridized carbons (Fsp3) is 0.286. The fourth-order valence-corrected chi connectivity index (χ4v) is 4.13. The largest absolute Gasteiger partial charge is 0.414 e. The highest BCUT2D eigenvalue weighted by Gasteiger charge is 2.45. The summed E-state index contributed by atoms with van der Waals surface area (Å²) < 4.78 is 56.1. The number of hydrogen-bond donors (Lipinski definition) is 2. The molecule has 2 aliphatic rings. The van der Waals surface area contributed by atoms with Crippen molar-refractivity contribution >= 4 is 35.2 Å². The number of amides is 4. The minimum atomic E-state index is -4.99. The summed E-state index contributed by atoms with van der Waals surface area (Å²) in [6.45, 7) is -0.387. The first-order chi connectivity index (χ1) is 16.0. The van der Waals surface area contributed by atoms with Crippen LogP contribution in [0.25, 0.3) is 0 Å².